The van der Waals surface area contributed by atoms with E-state index in [1.54, 1.807) is 14.1 Å². The van der Waals surface area contributed by atoms with E-state index < -0.39 is 18.0 Å². The molecule has 1 N–H and O–H groups in total. The van der Waals surface area contributed by atoms with Gasteiger partial charge in [0.05, 0.1) is 12.6 Å². The Bertz CT molecular complexity index is 488. The molecule has 0 aliphatic carbocycles. The van der Waals surface area contributed by atoms with Gasteiger partial charge in [0.1, 0.15) is 5.82 Å². The molecule has 2 heterocycles. The summed E-state index contributed by atoms with van der Waals surface area (Å²) in [6.45, 7) is 0.768. The third-order valence-corrected chi connectivity index (χ3v) is 2.86. The van der Waals surface area contributed by atoms with E-state index in [1.165, 1.54) is 9.58 Å². The van der Waals surface area contributed by atoms with Crippen molar-refractivity contribution in [3.8, 4) is 0 Å². The molecule has 20 heavy (non-hydrogen) atoms. The summed E-state index contributed by atoms with van der Waals surface area (Å²) in [5.41, 5.74) is 0. The number of carbonyl (C=O) groups excluding carboxylic acids is 1. The van der Waals surface area contributed by atoms with E-state index in [0.29, 0.717) is 13.1 Å². The van der Waals surface area contributed by atoms with Crippen LogP contribution >= 0.6 is 12.4 Å². The maximum atomic E-state index is 12.6. The Labute approximate surface area is 119 Å². The summed E-state index contributed by atoms with van der Waals surface area (Å²) in [6, 6.07) is -0.535. The maximum absolute atomic E-state index is 12.6. The van der Waals surface area contributed by atoms with Gasteiger partial charge >= 0.3 is 6.18 Å². The number of amides is 1. The normalized spacial score (nSPS) is 18.1. The minimum atomic E-state index is -4.57. The number of hydrogen-bond donors (Lipinski definition) is 1. The lowest BCUT2D eigenvalue weighted by molar-refractivity contribution is -0.145. The lowest BCUT2D eigenvalue weighted by Gasteiger charge is -2.24. The first-order valence-corrected chi connectivity index (χ1v) is 5.74. The third-order valence-electron chi connectivity index (χ3n) is 2.86. The first-order valence-electron chi connectivity index (χ1n) is 5.74. The van der Waals surface area contributed by atoms with Crippen molar-refractivity contribution in [2.75, 3.05) is 20.6 Å². The summed E-state index contributed by atoms with van der Waals surface area (Å²) in [6.07, 6.45) is -4.51. The molecule has 114 valence electrons. The lowest BCUT2D eigenvalue weighted by atomic mass is 10.1. The maximum Gasteiger partial charge on any atom is 0.453 e. The molecule has 1 aliphatic heterocycles. The van der Waals surface area contributed by atoms with Gasteiger partial charge in [-0.05, 0) is 0 Å². The van der Waals surface area contributed by atoms with Crippen LogP contribution in [0.3, 0.4) is 0 Å². The molecule has 0 radical (unpaired) electrons. The second-order valence-electron chi connectivity index (χ2n) is 4.51. The zero-order chi connectivity index (χ0) is 14.2. The lowest BCUT2D eigenvalue weighted by Crippen LogP contribution is -2.37. The summed E-state index contributed by atoms with van der Waals surface area (Å²) in [7, 11) is 3.19. The minimum absolute atomic E-state index is 0. The van der Waals surface area contributed by atoms with Crippen LogP contribution in [0, 0.1) is 0 Å². The Morgan fingerprint density at radius 2 is 2.15 bits per heavy atom. The molecular formula is C10H15ClF3N5O. The molecule has 10 heteroatoms. The van der Waals surface area contributed by atoms with Crippen LogP contribution in [0.15, 0.2) is 0 Å². The van der Waals surface area contributed by atoms with Gasteiger partial charge in [-0.25, -0.2) is 9.67 Å². The van der Waals surface area contributed by atoms with Crippen molar-refractivity contribution in [2.45, 2.75) is 25.2 Å². The number of alkyl halides is 3. The Hall–Kier alpha value is -1.35. The monoisotopic (exact) mass is 313 g/mol. The molecule has 1 aliphatic rings. The van der Waals surface area contributed by atoms with E-state index in [0.717, 1.165) is 0 Å². The second-order valence-corrected chi connectivity index (χ2v) is 4.51. The van der Waals surface area contributed by atoms with Crippen molar-refractivity contribution < 1.29 is 18.0 Å². The molecule has 0 fully saturated rings. The van der Waals surface area contributed by atoms with Crippen LogP contribution in [0.5, 0.6) is 0 Å². The summed E-state index contributed by atoms with van der Waals surface area (Å²) in [5.74, 6) is -1.18. The molecule has 1 amide bonds. The predicted octanol–water partition coefficient (Wildman–Crippen LogP) is 0.841. The highest BCUT2D eigenvalue weighted by molar-refractivity contribution is 5.85. The molecule has 0 spiro atoms. The average Bonchev–Trinajstić information content (AvgIpc) is 2.73. The summed E-state index contributed by atoms with van der Waals surface area (Å²) in [4.78, 5) is 16.5. The summed E-state index contributed by atoms with van der Waals surface area (Å²) >= 11 is 0. The van der Waals surface area contributed by atoms with Gasteiger partial charge in [0, 0.05) is 27.1 Å². The summed E-state index contributed by atoms with van der Waals surface area (Å²) in [5, 5.41) is 6.43. The van der Waals surface area contributed by atoms with Gasteiger partial charge in [0.15, 0.2) is 0 Å². The fraction of sp³-hybridized carbons (Fsp3) is 0.700. The van der Waals surface area contributed by atoms with Crippen LogP contribution in [0.4, 0.5) is 13.2 Å². The molecule has 0 saturated carbocycles. The van der Waals surface area contributed by atoms with Crippen LogP contribution in [0.2, 0.25) is 0 Å². The Morgan fingerprint density at radius 1 is 1.50 bits per heavy atom. The zero-order valence-electron chi connectivity index (χ0n) is 10.9. The zero-order valence-corrected chi connectivity index (χ0v) is 11.8. The van der Waals surface area contributed by atoms with E-state index in [-0.39, 0.29) is 30.6 Å². The van der Waals surface area contributed by atoms with Crippen molar-refractivity contribution in [3.63, 3.8) is 0 Å². The number of rotatable bonds is 2. The first kappa shape index (κ1) is 16.7. The number of nitrogens with one attached hydrogen (secondary N) is 1. The fourth-order valence-electron chi connectivity index (χ4n) is 1.85. The van der Waals surface area contributed by atoms with Crippen LogP contribution in [-0.4, -0.2) is 46.2 Å². The molecule has 0 saturated heterocycles. The molecule has 0 bridgehead atoms. The minimum Gasteiger partial charge on any atom is -0.349 e. The fourth-order valence-corrected chi connectivity index (χ4v) is 1.85. The van der Waals surface area contributed by atoms with Gasteiger partial charge in [-0.15, -0.1) is 17.5 Å². The smallest absolute Gasteiger partial charge is 0.349 e. The molecule has 1 aromatic heterocycles. The number of fused-ring (bicyclic) bond motifs is 1. The van der Waals surface area contributed by atoms with Crippen molar-refractivity contribution in [3.05, 3.63) is 11.6 Å². The van der Waals surface area contributed by atoms with E-state index in [9.17, 15) is 18.0 Å². The van der Waals surface area contributed by atoms with Gasteiger partial charge in [0.2, 0.25) is 5.91 Å². The molecule has 6 nitrogen and oxygen atoms in total. The molecule has 0 aromatic carbocycles. The van der Waals surface area contributed by atoms with Crippen molar-refractivity contribution in [2.24, 2.45) is 0 Å². The van der Waals surface area contributed by atoms with Gasteiger partial charge in [-0.1, -0.05) is 0 Å². The third kappa shape index (κ3) is 3.40. The van der Waals surface area contributed by atoms with Gasteiger partial charge < -0.3 is 10.2 Å². The average molecular weight is 314 g/mol. The Kier molecular flexibility index (Phi) is 4.98. The van der Waals surface area contributed by atoms with Crippen molar-refractivity contribution >= 4 is 18.3 Å². The Balaban J connectivity index is 0.00000200. The van der Waals surface area contributed by atoms with E-state index in [2.05, 4.69) is 15.4 Å². The van der Waals surface area contributed by atoms with Gasteiger partial charge in [0.25, 0.3) is 5.82 Å². The highest BCUT2D eigenvalue weighted by Crippen LogP contribution is 2.29. The van der Waals surface area contributed by atoms with Crippen molar-refractivity contribution in [1.82, 2.24) is 25.0 Å². The SMILES string of the molecule is CN(C)C(=O)CC1NCCn2nc(C(F)(F)F)nc21.Cl. The van der Waals surface area contributed by atoms with Crippen LogP contribution in [0.1, 0.15) is 24.1 Å². The highest BCUT2D eigenvalue weighted by Gasteiger charge is 2.39. The molecule has 1 atom stereocenters. The largest absolute Gasteiger partial charge is 0.453 e. The topological polar surface area (TPSA) is 63.1 Å². The number of aromatic nitrogens is 3. The number of halogens is 4. The molecule has 1 unspecified atom stereocenters. The standard InChI is InChI=1S/C10H14F3N5O.ClH/c1-17(2)7(19)5-6-8-15-9(10(11,12)13)16-18(8)4-3-14-6;/h6,14H,3-5H2,1-2H3;1H. The van der Waals surface area contributed by atoms with E-state index >= 15 is 0 Å². The van der Waals surface area contributed by atoms with Gasteiger partial charge in [-0.2, -0.15) is 13.2 Å². The predicted molar refractivity (Wildman–Crippen MR) is 66.3 cm³/mol. The number of carbonyl (C=O) groups is 1. The molecular weight excluding hydrogens is 299 g/mol. The number of hydrogen-bond acceptors (Lipinski definition) is 4. The summed E-state index contributed by atoms with van der Waals surface area (Å²) < 4.78 is 38.9. The van der Waals surface area contributed by atoms with E-state index in [1.807, 2.05) is 0 Å². The molecule has 2 rings (SSSR count). The second kappa shape index (κ2) is 5.96. The van der Waals surface area contributed by atoms with Gasteiger partial charge in [-0.3, -0.25) is 4.79 Å². The van der Waals surface area contributed by atoms with Crippen LogP contribution in [-0.2, 0) is 17.5 Å². The Morgan fingerprint density at radius 3 is 2.70 bits per heavy atom. The van der Waals surface area contributed by atoms with Crippen LogP contribution < -0.4 is 5.32 Å². The highest BCUT2D eigenvalue weighted by atomic mass is 35.5. The van der Waals surface area contributed by atoms with E-state index in [4.69, 9.17) is 0 Å². The number of nitrogens with zero attached hydrogens (tertiary/aromatic N) is 4. The first-order chi connectivity index (χ1) is 8.79. The van der Waals surface area contributed by atoms with Crippen LogP contribution in [0.25, 0.3) is 0 Å². The quantitative estimate of drug-likeness (QED) is 0.879. The van der Waals surface area contributed by atoms with Crippen molar-refractivity contribution in [1.29, 1.82) is 0 Å². The molecule has 1 aromatic rings.